The van der Waals surface area contributed by atoms with Crippen LogP contribution in [0.25, 0.3) is 0 Å². The number of aromatic nitrogens is 1. The topological polar surface area (TPSA) is 12.9 Å². The minimum absolute atomic E-state index is 1.07. The fraction of sp³-hybridized carbons (Fsp3) is 0.800. The number of rotatable bonds is 5. The van der Waals surface area contributed by atoms with E-state index in [0.717, 1.165) is 6.42 Å². The largest absolute Gasteiger partial charge is 0.249 e. The lowest BCUT2D eigenvalue weighted by molar-refractivity contribution is 0.656. The summed E-state index contributed by atoms with van der Waals surface area (Å²) in [6.45, 7) is 12.7. The third-order valence-electron chi connectivity index (χ3n) is 2.18. The van der Waals surface area contributed by atoms with Gasteiger partial charge in [0.15, 0.2) is 0 Å². The molecule has 1 aromatic rings. The van der Waals surface area contributed by atoms with Crippen molar-refractivity contribution in [2.24, 2.45) is 0 Å². The van der Waals surface area contributed by atoms with E-state index in [4.69, 9.17) is 0 Å². The molecule has 2 heteroatoms. The van der Waals surface area contributed by atoms with Crippen LogP contribution in [0.3, 0.4) is 0 Å². The monoisotopic (exact) mass is 257 g/mol. The van der Waals surface area contributed by atoms with E-state index in [2.05, 4.69) is 32.7 Å². The molecule has 0 aromatic carbocycles. The molecule has 0 N–H and O–H groups in total. The highest BCUT2D eigenvalue weighted by Crippen LogP contribution is 2.10. The fourth-order valence-electron chi connectivity index (χ4n) is 1.24. The van der Waals surface area contributed by atoms with Crippen molar-refractivity contribution in [2.45, 2.75) is 80.1 Å². The molecule has 0 aliphatic rings. The lowest BCUT2D eigenvalue weighted by Crippen LogP contribution is -1.70. The van der Waals surface area contributed by atoms with E-state index in [-0.39, 0.29) is 0 Å². The molecule has 102 valence electrons. The van der Waals surface area contributed by atoms with Gasteiger partial charge in [0.1, 0.15) is 0 Å². The van der Waals surface area contributed by atoms with Gasteiger partial charge in [-0.15, -0.1) is 11.3 Å². The number of unbranched alkanes of at least 4 members (excludes halogenated alkanes) is 4. The Morgan fingerprint density at radius 1 is 1.00 bits per heavy atom. The second kappa shape index (κ2) is 15.6. The molecule has 0 atom stereocenters. The van der Waals surface area contributed by atoms with E-state index in [0.29, 0.717) is 0 Å². The molecule has 1 aromatic heterocycles. The summed E-state index contributed by atoms with van der Waals surface area (Å²) in [7, 11) is 0. The number of aryl methyl sites for hydroxylation is 2. The van der Waals surface area contributed by atoms with Crippen LogP contribution < -0.4 is 0 Å². The first kappa shape index (κ1) is 19.0. The Hall–Kier alpha value is -0.370. The van der Waals surface area contributed by atoms with Crippen LogP contribution in [0, 0.1) is 6.92 Å². The number of hydrogen-bond acceptors (Lipinski definition) is 2. The number of hydrogen-bond donors (Lipinski definition) is 0. The lowest BCUT2D eigenvalue weighted by atomic mass is 10.2. The van der Waals surface area contributed by atoms with Crippen LogP contribution in [-0.2, 0) is 6.42 Å². The standard InChI is InChI=1S/C7H16.C6H9NS.C2H6/c1-3-5-7-6-4-2;1-3-6-7-4-5(2)8-6;1-2/h3-7H2,1-2H3;4H,3H2,1-2H3;1-2H3. The van der Waals surface area contributed by atoms with E-state index in [9.17, 15) is 0 Å². The molecular formula is C15H31NS. The molecule has 0 aliphatic carbocycles. The lowest BCUT2D eigenvalue weighted by Gasteiger charge is -1.90. The molecule has 0 fully saturated rings. The van der Waals surface area contributed by atoms with Crippen molar-refractivity contribution in [3.8, 4) is 0 Å². The number of nitrogens with zero attached hydrogens (tertiary/aromatic N) is 1. The van der Waals surface area contributed by atoms with Gasteiger partial charge in [-0.25, -0.2) is 4.98 Å². The Labute approximate surface area is 113 Å². The fourth-order valence-corrected chi connectivity index (χ4v) is 1.97. The van der Waals surface area contributed by atoms with E-state index in [1.54, 1.807) is 11.3 Å². The molecule has 1 heterocycles. The maximum Gasteiger partial charge on any atom is 0.0924 e. The Bertz CT molecular complexity index is 227. The maximum atomic E-state index is 4.15. The first-order valence-corrected chi connectivity index (χ1v) is 7.97. The molecular weight excluding hydrogens is 226 g/mol. The SMILES string of the molecule is CC.CCCCCCC.CCc1ncc(C)s1. The van der Waals surface area contributed by atoms with Crippen LogP contribution in [0.2, 0.25) is 0 Å². The van der Waals surface area contributed by atoms with Gasteiger partial charge in [-0.2, -0.15) is 0 Å². The van der Waals surface area contributed by atoms with Gasteiger partial charge in [0.2, 0.25) is 0 Å². The van der Waals surface area contributed by atoms with E-state index < -0.39 is 0 Å². The zero-order chi connectivity index (χ0) is 13.5. The minimum Gasteiger partial charge on any atom is -0.249 e. The molecule has 0 saturated heterocycles. The highest BCUT2D eigenvalue weighted by Gasteiger charge is 1.91. The Kier molecular flexibility index (Phi) is 17.5. The van der Waals surface area contributed by atoms with Crippen molar-refractivity contribution in [3.05, 3.63) is 16.1 Å². The molecule has 0 spiro atoms. The Morgan fingerprint density at radius 2 is 1.53 bits per heavy atom. The molecule has 0 radical (unpaired) electrons. The van der Waals surface area contributed by atoms with Gasteiger partial charge in [0.05, 0.1) is 5.01 Å². The van der Waals surface area contributed by atoms with Crippen LogP contribution in [0.4, 0.5) is 0 Å². The third kappa shape index (κ3) is 13.6. The molecule has 0 aliphatic heterocycles. The van der Waals surface area contributed by atoms with Gasteiger partial charge in [0.25, 0.3) is 0 Å². The Balaban J connectivity index is 0. The first-order chi connectivity index (χ1) is 8.24. The van der Waals surface area contributed by atoms with Crippen molar-refractivity contribution in [3.63, 3.8) is 0 Å². The minimum atomic E-state index is 1.07. The van der Waals surface area contributed by atoms with Crippen molar-refractivity contribution >= 4 is 11.3 Å². The van der Waals surface area contributed by atoms with Gasteiger partial charge >= 0.3 is 0 Å². The Morgan fingerprint density at radius 3 is 1.76 bits per heavy atom. The van der Waals surface area contributed by atoms with Gasteiger partial charge in [-0.1, -0.05) is 66.7 Å². The van der Waals surface area contributed by atoms with Gasteiger partial charge < -0.3 is 0 Å². The van der Waals surface area contributed by atoms with Crippen LogP contribution in [0.5, 0.6) is 0 Å². The van der Waals surface area contributed by atoms with Crippen molar-refractivity contribution in [2.75, 3.05) is 0 Å². The smallest absolute Gasteiger partial charge is 0.0924 e. The molecule has 1 rings (SSSR count). The quantitative estimate of drug-likeness (QED) is 0.588. The first-order valence-electron chi connectivity index (χ1n) is 7.15. The van der Waals surface area contributed by atoms with Crippen LogP contribution in [0.15, 0.2) is 6.20 Å². The molecule has 0 unspecified atom stereocenters. The van der Waals surface area contributed by atoms with E-state index >= 15 is 0 Å². The molecule has 17 heavy (non-hydrogen) atoms. The van der Waals surface area contributed by atoms with Gasteiger partial charge in [-0.3, -0.25) is 0 Å². The summed E-state index contributed by atoms with van der Waals surface area (Å²) in [5, 5.41) is 1.24. The van der Waals surface area contributed by atoms with Crippen LogP contribution >= 0.6 is 11.3 Å². The van der Waals surface area contributed by atoms with Crippen molar-refractivity contribution in [1.29, 1.82) is 0 Å². The van der Waals surface area contributed by atoms with Crippen LogP contribution in [0.1, 0.15) is 76.6 Å². The number of thiazole rings is 1. The zero-order valence-electron chi connectivity index (χ0n) is 12.7. The predicted octanol–water partition coefficient (Wildman–Crippen LogP) is 6.02. The summed E-state index contributed by atoms with van der Waals surface area (Å²) in [4.78, 5) is 5.46. The maximum absolute atomic E-state index is 4.15. The normalized spacial score (nSPS) is 8.82. The molecule has 0 saturated carbocycles. The highest BCUT2D eigenvalue weighted by atomic mass is 32.1. The summed E-state index contributed by atoms with van der Waals surface area (Å²) in [5.41, 5.74) is 0. The van der Waals surface area contributed by atoms with Gasteiger partial charge in [0, 0.05) is 11.1 Å². The molecule has 0 amide bonds. The third-order valence-corrected chi connectivity index (χ3v) is 3.24. The molecule has 1 nitrogen and oxygen atoms in total. The second-order valence-electron chi connectivity index (χ2n) is 3.78. The van der Waals surface area contributed by atoms with Crippen molar-refractivity contribution in [1.82, 2.24) is 4.98 Å². The summed E-state index contributed by atoms with van der Waals surface area (Å²) in [5.74, 6) is 0. The average molecular weight is 257 g/mol. The van der Waals surface area contributed by atoms with Gasteiger partial charge in [-0.05, 0) is 13.3 Å². The van der Waals surface area contributed by atoms with E-state index in [1.807, 2.05) is 20.0 Å². The summed E-state index contributed by atoms with van der Waals surface area (Å²) in [6.07, 6.45) is 10.00. The average Bonchev–Trinajstić information content (AvgIpc) is 2.79. The summed E-state index contributed by atoms with van der Waals surface area (Å²) >= 11 is 1.78. The summed E-state index contributed by atoms with van der Waals surface area (Å²) in [6, 6.07) is 0. The van der Waals surface area contributed by atoms with E-state index in [1.165, 1.54) is 42.0 Å². The zero-order valence-corrected chi connectivity index (χ0v) is 13.5. The van der Waals surface area contributed by atoms with Crippen molar-refractivity contribution < 1.29 is 0 Å². The predicted molar refractivity (Wildman–Crippen MR) is 82.0 cm³/mol. The van der Waals surface area contributed by atoms with Crippen LogP contribution in [-0.4, -0.2) is 4.98 Å². The second-order valence-corrected chi connectivity index (χ2v) is 5.10. The molecule has 0 bridgehead atoms. The summed E-state index contributed by atoms with van der Waals surface area (Å²) < 4.78 is 0. The highest BCUT2D eigenvalue weighted by molar-refractivity contribution is 7.11.